The summed E-state index contributed by atoms with van der Waals surface area (Å²) in [5.74, 6) is -0.946. The molecule has 0 saturated heterocycles. The van der Waals surface area contributed by atoms with Crippen molar-refractivity contribution in [2.45, 2.75) is 19.9 Å². The van der Waals surface area contributed by atoms with Gasteiger partial charge in [-0.3, -0.25) is 4.68 Å². The van der Waals surface area contributed by atoms with Crippen LogP contribution in [-0.2, 0) is 13.0 Å². The fraction of sp³-hybridized carbons (Fsp3) is 0.231. The maximum atomic E-state index is 10.7. The van der Waals surface area contributed by atoms with Gasteiger partial charge in [-0.1, -0.05) is 31.2 Å². The Morgan fingerprint density at radius 2 is 2.18 bits per heavy atom. The van der Waals surface area contributed by atoms with Gasteiger partial charge in [-0.2, -0.15) is 5.10 Å². The number of hydrogen-bond donors (Lipinski definition) is 1. The van der Waals surface area contributed by atoms with Crippen LogP contribution in [0.2, 0.25) is 0 Å². The van der Waals surface area contributed by atoms with Crippen LogP contribution in [0.15, 0.2) is 36.7 Å². The molecule has 2 aromatic rings. The largest absolute Gasteiger partial charge is 0.478 e. The van der Waals surface area contributed by atoms with Gasteiger partial charge in [0, 0.05) is 6.20 Å². The van der Waals surface area contributed by atoms with Crippen molar-refractivity contribution in [3.63, 3.8) is 0 Å². The molecule has 0 radical (unpaired) electrons. The van der Waals surface area contributed by atoms with E-state index in [0.29, 0.717) is 6.54 Å². The summed E-state index contributed by atoms with van der Waals surface area (Å²) in [7, 11) is 0. The predicted molar refractivity (Wildman–Crippen MR) is 64.1 cm³/mol. The minimum atomic E-state index is -0.946. The second-order valence-corrected chi connectivity index (χ2v) is 3.91. The molecule has 0 unspecified atom stereocenters. The van der Waals surface area contributed by atoms with Crippen LogP contribution in [0, 0.1) is 0 Å². The van der Waals surface area contributed by atoms with Crippen molar-refractivity contribution in [1.29, 1.82) is 0 Å². The molecular weight excluding hydrogens is 216 g/mol. The van der Waals surface area contributed by atoms with Crippen LogP contribution in [0.4, 0.5) is 0 Å². The smallest absolute Gasteiger partial charge is 0.338 e. The Balaban J connectivity index is 2.16. The first kappa shape index (κ1) is 11.4. The molecule has 0 aliphatic heterocycles. The molecule has 0 fully saturated rings. The Labute approximate surface area is 99.5 Å². The molecule has 0 saturated carbocycles. The van der Waals surface area contributed by atoms with Crippen LogP contribution in [0.1, 0.15) is 28.4 Å². The van der Waals surface area contributed by atoms with Gasteiger partial charge in [0.05, 0.1) is 18.3 Å². The minimum absolute atomic E-state index is 0.219. The molecular formula is C13H14N2O2. The third kappa shape index (κ3) is 2.72. The summed E-state index contributed by atoms with van der Waals surface area (Å²) in [6.45, 7) is 2.71. The van der Waals surface area contributed by atoms with E-state index >= 15 is 0 Å². The van der Waals surface area contributed by atoms with Gasteiger partial charge in [0.25, 0.3) is 0 Å². The number of carbonyl (C=O) groups is 1. The standard InChI is InChI=1S/C13H14N2O2/c1-2-10-4-3-5-11(6-10)8-15-9-12(7-14-15)13(16)17/h3-7,9H,2,8H2,1H3,(H,16,17). The van der Waals surface area contributed by atoms with E-state index in [0.717, 1.165) is 12.0 Å². The Morgan fingerprint density at radius 3 is 2.82 bits per heavy atom. The van der Waals surface area contributed by atoms with Crippen LogP contribution in [0.25, 0.3) is 0 Å². The molecule has 4 nitrogen and oxygen atoms in total. The normalized spacial score (nSPS) is 10.4. The van der Waals surface area contributed by atoms with Crippen molar-refractivity contribution in [2.24, 2.45) is 0 Å². The lowest BCUT2D eigenvalue weighted by atomic mass is 10.1. The molecule has 0 atom stereocenters. The number of carboxylic acid groups (broad SMARTS) is 1. The highest BCUT2D eigenvalue weighted by molar-refractivity contribution is 5.86. The second kappa shape index (κ2) is 4.82. The van der Waals surface area contributed by atoms with Crippen molar-refractivity contribution >= 4 is 5.97 Å². The van der Waals surface area contributed by atoms with Gasteiger partial charge in [0.1, 0.15) is 0 Å². The molecule has 1 heterocycles. The Hall–Kier alpha value is -2.10. The Morgan fingerprint density at radius 1 is 1.41 bits per heavy atom. The van der Waals surface area contributed by atoms with E-state index in [1.165, 1.54) is 11.8 Å². The number of hydrogen-bond acceptors (Lipinski definition) is 2. The summed E-state index contributed by atoms with van der Waals surface area (Å²) in [5.41, 5.74) is 2.62. The van der Waals surface area contributed by atoms with Gasteiger partial charge >= 0.3 is 5.97 Å². The highest BCUT2D eigenvalue weighted by Crippen LogP contribution is 2.08. The zero-order valence-corrected chi connectivity index (χ0v) is 9.63. The maximum absolute atomic E-state index is 10.7. The summed E-state index contributed by atoms with van der Waals surface area (Å²) < 4.78 is 1.64. The lowest BCUT2D eigenvalue weighted by Crippen LogP contribution is -2.01. The third-order valence-electron chi connectivity index (χ3n) is 2.62. The molecule has 0 amide bonds. The summed E-state index contributed by atoms with van der Waals surface area (Å²) in [6.07, 6.45) is 3.90. The predicted octanol–water partition coefficient (Wildman–Crippen LogP) is 2.19. The number of rotatable bonds is 4. The monoisotopic (exact) mass is 230 g/mol. The Bertz CT molecular complexity index is 532. The van der Waals surface area contributed by atoms with Gasteiger partial charge < -0.3 is 5.11 Å². The first-order chi connectivity index (χ1) is 8.19. The first-order valence-corrected chi connectivity index (χ1v) is 5.52. The lowest BCUT2D eigenvalue weighted by Gasteiger charge is -2.03. The van der Waals surface area contributed by atoms with Crippen molar-refractivity contribution in [3.05, 3.63) is 53.3 Å². The molecule has 88 valence electrons. The zero-order chi connectivity index (χ0) is 12.3. The summed E-state index contributed by atoms with van der Waals surface area (Å²) in [4.78, 5) is 10.7. The maximum Gasteiger partial charge on any atom is 0.338 e. The molecule has 1 aromatic heterocycles. The number of aryl methyl sites for hydroxylation is 1. The van der Waals surface area contributed by atoms with Gasteiger partial charge in [0.2, 0.25) is 0 Å². The fourth-order valence-electron chi connectivity index (χ4n) is 1.70. The molecule has 0 aliphatic rings. The van der Waals surface area contributed by atoms with E-state index in [2.05, 4.69) is 24.2 Å². The molecule has 0 spiro atoms. The van der Waals surface area contributed by atoms with E-state index in [-0.39, 0.29) is 5.56 Å². The summed E-state index contributed by atoms with van der Waals surface area (Å²) in [6, 6.07) is 8.22. The van der Waals surface area contributed by atoms with Crippen LogP contribution >= 0.6 is 0 Å². The topological polar surface area (TPSA) is 55.1 Å². The SMILES string of the molecule is CCc1cccc(Cn2cc(C(=O)O)cn2)c1. The minimum Gasteiger partial charge on any atom is -0.478 e. The van der Waals surface area contributed by atoms with Crippen molar-refractivity contribution in [1.82, 2.24) is 9.78 Å². The molecule has 0 aliphatic carbocycles. The highest BCUT2D eigenvalue weighted by atomic mass is 16.4. The molecule has 1 N–H and O–H groups in total. The van der Waals surface area contributed by atoms with E-state index in [1.54, 1.807) is 10.9 Å². The number of aromatic nitrogens is 2. The third-order valence-corrected chi connectivity index (χ3v) is 2.62. The van der Waals surface area contributed by atoms with Crippen molar-refractivity contribution in [3.8, 4) is 0 Å². The number of carboxylic acids is 1. The molecule has 4 heteroatoms. The van der Waals surface area contributed by atoms with Crippen LogP contribution in [0.3, 0.4) is 0 Å². The average molecular weight is 230 g/mol. The van der Waals surface area contributed by atoms with Crippen LogP contribution < -0.4 is 0 Å². The van der Waals surface area contributed by atoms with Gasteiger partial charge in [0.15, 0.2) is 0 Å². The highest BCUT2D eigenvalue weighted by Gasteiger charge is 2.06. The molecule has 2 rings (SSSR count). The zero-order valence-electron chi connectivity index (χ0n) is 9.63. The van der Waals surface area contributed by atoms with Crippen molar-refractivity contribution < 1.29 is 9.90 Å². The van der Waals surface area contributed by atoms with E-state index in [4.69, 9.17) is 5.11 Å². The van der Waals surface area contributed by atoms with Gasteiger partial charge in [-0.05, 0) is 17.5 Å². The average Bonchev–Trinajstić information content (AvgIpc) is 2.78. The second-order valence-electron chi connectivity index (χ2n) is 3.91. The Kier molecular flexibility index (Phi) is 3.23. The van der Waals surface area contributed by atoms with E-state index < -0.39 is 5.97 Å². The van der Waals surface area contributed by atoms with Gasteiger partial charge in [-0.15, -0.1) is 0 Å². The first-order valence-electron chi connectivity index (χ1n) is 5.52. The summed E-state index contributed by atoms with van der Waals surface area (Å²) >= 11 is 0. The fourth-order valence-corrected chi connectivity index (χ4v) is 1.70. The van der Waals surface area contributed by atoms with Crippen LogP contribution in [-0.4, -0.2) is 20.9 Å². The molecule has 0 bridgehead atoms. The van der Waals surface area contributed by atoms with Crippen LogP contribution in [0.5, 0.6) is 0 Å². The lowest BCUT2D eigenvalue weighted by molar-refractivity contribution is 0.0697. The molecule has 17 heavy (non-hydrogen) atoms. The van der Waals surface area contributed by atoms with E-state index in [9.17, 15) is 4.79 Å². The number of nitrogens with zero attached hydrogens (tertiary/aromatic N) is 2. The number of aromatic carboxylic acids is 1. The van der Waals surface area contributed by atoms with Gasteiger partial charge in [-0.25, -0.2) is 4.79 Å². The number of benzene rings is 1. The summed E-state index contributed by atoms with van der Waals surface area (Å²) in [5, 5.41) is 12.8. The van der Waals surface area contributed by atoms with E-state index in [1.807, 2.05) is 12.1 Å². The molecule has 1 aromatic carbocycles. The van der Waals surface area contributed by atoms with Crippen molar-refractivity contribution in [2.75, 3.05) is 0 Å². The quantitative estimate of drug-likeness (QED) is 0.876.